The number of aliphatic imine (C=N–C) groups is 2. The molecule has 5 heterocycles. The second-order valence-electron chi connectivity index (χ2n) is 11.0. The predicted molar refractivity (Wildman–Crippen MR) is 165 cm³/mol. The van der Waals surface area contributed by atoms with Crippen LogP contribution in [0.5, 0.6) is 0 Å². The smallest absolute Gasteiger partial charge is 0.395 e. The van der Waals surface area contributed by atoms with E-state index in [-0.39, 0.29) is 6.10 Å². The molecular formula is C34H24BN5O. The Morgan fingerprint density at radius 2 is 1.22 bits per heavy atom. The molecule has 0 atom stereocenters. The van der Waals surface area contributed by atoms with Crippen molar-refractivity contribution in [3.63, 3.8) is 0 Å². The van der Waals surface area contributed by atoms with Crippen molar-refractivity contribution in [3.8, 4) is 0 Å². The van der Waals surface area contributed by atoms with E-state index in [1.807, 2.05) is 0 Å². The normalized spacial score (nSPS) is 14.8. The van der Waals surface area contributed by atoms with Crippen molar-refractivity contribution in [2.75, 3.05) is 0 Å². The molecule has 4 aromatic carbocycles. The number of amidine groups is 1. The van der Waals surface area contributed by atoms with Gasteiger partial charge in [-0.3, -0.25) is 0 Å². The summed E-state index contributed by atoms with van der Waals surface area (Å²) < 4.78 is 11.3. The van der Waals surface area contributed by atoms with E-state index in [0.29, 0.717) is 5.84 Å². The fourth-order valence-corrected chi connectivity index (χ4v) is 6.56. The Labute approximate surface area is 236 Å². The van der Waals surface area contributed by atoms with Gasteiger partial charge in [0.15, 0.2) is 5.84 Å². The maximum absolute atomic E-state index is 6.85. The van der Waals surface area contributed by atoms with Crippen LogP contribution >= 0.6 is 0 Å². The number of benzene rings is 4. The Morgan fingerprint density at radius 3 is 1.95 bits per heavy atom. The maximum Gasteiger partial charge on any atom is 0.561 e. The standard InChI is InChI=1S/C34H24BN5O/c1-20(2)41-35-39-30-23-15-7-9-17-25(23)33(39)38-34-27-19-11-10-18-26(27)32(40(34)35)37-31-24-16-8-6-14-22(24)29(36-31)28(30)21-12-4-3-5-13-21/h3-20H,1-2H3. The Morgan fingerprint density at radius 1 is 0.610 bits per heavy atom. The second-order valence-corrected chi connectivity index (χ2v) is 11.0. The molecule has 0 spiro atoms. The van der Waals surface area contributed by atoms with Gasteiger partial charge >= 0.3 is 7.19 Å². The third-order valence-corrected chi connectivity index (χ3v) is 8.19. The van der Waals surface area contributed by atoms with E-state index < -0.39 is 7.19 Å². The average molecular weight is 529 g/mol. The Balaban J connectivity index is 1.61. The van der Waals surface area contributed by atoms with Crippen molar-refractivity contribution in [3.05, 3.63) is 131 Å². The molecule has 0 saturated heterocycles. The molecule has 41 heavy (non-hydrogen) atoms. The number of fused-ring (bicyclic) bond motifs is 10. The molecule has 6 aromatic rings. The third-order valence-electron chi connectivity index (χ3n) is 8.19. The summed E-state index contributed by atoms with van der Waals surface area (Å²) in [6.45, 7) is 4.17. The molecule has 3 aliphatic heterocycles. The molecule has 0 saturated carbocycles. The molecule has 9 rings (SSSR count). The van der Waals surface area contributed by atoms with Gasteiger partial charge in [0, 0.05) is 44.3 Å². The summed E-state index contributed by atoms with van der Waals surface area (Å²) in [6.07, 6.45) is -0.0439. The van der Waals surface area contributed by atoms with Crippen LogP contribution in [0.15, 0.2) is 118 Å². The summed E-state index contributed by atoms with van der Waals surface area (Å²) in [5, 5.41) is 5.32. The summed E-state index contributed by atoms with van der Waals surface area (Å²) in [4.78, 5) is 16.0. The van der Waals surface area contributed by atoms with Crippen LogP contribution < -0.4 is 10.8 Å². The lowest BCUT2D eigenvalue weighted by atomic mass is 9.92. The molecule has 0 N–H and O–H groups in total. The Bertz CT molecular complexity index is 2270. The Hall–Kier alpha value is -5.01. The van der Waals surface area contributed by atoms with E-state index in [4.69, 9.17) is 19.6 Å². The summed E-state index contributed by atoms with van der Waals surface area (Å²) >= 11 is 0. The average Bonchev–Trinajstić information content (AvgIpc) is 3.63. The minimum atomic E-state index is -0.494. The summed E-state index contributed by atoms with van der Waals surface area (Å²) in [6, 6.07) is 35.9. The van der Waals surface area contributed by atoms with Crippen molar-refractivity contribution in [1.29, 1.82) is 0 Å². The monoisotopic (exact) mass is 529 g/mol. The van der Waals surface area contributed by atoms with Gasteiger partial charge in [0.25, 0.3) is 0 Å². The van der Waals surface area contributed by atoms with Crippen molar-refractivity contribution < 1.29 is 4.65 Å². The van der Waals surface area contributed by atoms with Gasteiger partial charge in [-0.1, -0.05) is 103 Å². The first kappa shape index (κ1) is 22.8. The highest BCUT2D eigenvalue weighted by atomic mass is 16.5. The van der Waals surface area contributed by atoms with Crippen LogP contribution in [0.4, 0.5) is 11.6 Å². The van der Waals surface area contributed by atoms with Crippen LogP contribution in [-0.2, 0) is 4.65 Å². The van der Waals surface area contributed by atoms with E-state index in [0.717, 1.165) is 72.0 Å². The zero-order valence-electron chi connectivity index (χ0n) is 22.6. The highest BCUT2D eigenvalue weighted by Gasteiger charge is 2.39. The lowest BCUT2D eigenvalue weighted by Crippen LogP contribution is -2.51. The summed E-state index contributed by atoms with van der Waals surface area (Å²) in [5.74, 6) is 2.36. The topological polar surface area (TPSA) is 56.2 Å². The van der Waals surface area contributed by atoms with Crippen LogP contribution in [0.3, 0.4) is 0 Å². The fourth-order valence-electron chi connectivity index (χ4n) is 6.56. The van der Waals surface area contributed by atoms with Crippen LogP contribution in [-0.4, -0.2) is 33.8 Å². The molecule has 3 aliphatic rings. The molecule has 6 nitrogen and oxygen atoms in total. The second kappa shape index (κ2) is 8.25. The highest BCUT2D eigenvalue weighted by molar-refractivity contribution is 6.52. The molecule has 194 valence electrons. The molecule has 0 fully saturated rings. The van der Waals surface area contributed by atoms with Crippen molar-refractivity contribution >= 4 is 57.5 Å². The fraction of sp³-hybridized carbons (Fsp3) is 0.0882. The third kappa shape index (κ3) is 3.04. The molecule has 0 aliphatic carbocycles. The zero-order chi connectivity index (χ0) is 27.2. The molecule has 4 bridgehead atoms. The molecule has 7 heteroatoms. The number of hydrogen-bond acceptors (Lipinski definition) is 4. The first-order valence-corrected chi connectivity index (χ1v) is 14.0. The van der Waals surface area contributed by atoms with Gasteiger partial charge in [-0.05, 0) is 19.4 Å². The predicted octanol–water partition coefficient (Wildman–Crippen LogP) is 5.76. The van der Waals surface area contributed by atoms with Gasteiger partial charge in [-0.25, -0.2) is 15.0 Å². The van der Waals surface area contributed by atoms with Crippen molar-refractivity contribution in [1.82, 2.24) is 8.96 Å². The van der Waals surface area contributed by atoms with Crippen LogP contribution in [0.1, 0.15) is 30.5 Å². The van der Waals surface area contributed by atoms with Gasteiger partial charge in [0.1, 0.15) is 17.1 Å². The largest absolute Gasteiger partial charge is 0.561 e. The number of hydrogen-bond donors (Lipinski definition) is 0. The van der Waals surface area contributed by atoms with E-state index >= 15 is 0 Å². The van der Waals surface area contributed by atoms with Crippen LogP contribution in [0, 0.1) is 0 Å². The number of rotatable bonds is 3. The quantitative estimate of drug-likeness (QED) is 0.269. The lowest BCUT2D eigenvalue weighted by Gasteiger charge is -2.25. The van der Waals surface area contributed by atoms with Crippen LogP contribution in [0.2, 0.25) is 0 Å². The van der Waals surface area contributed by atoms with Crippen molar-refractivity contribution in [2.24, 2.45) is 15.0 Å². The lowest BCUT2D eigenvalue weighted by molar-refractivity contribution is 0.230. The van der Waals surface area contributed by atoms with E-state index in [9.17, 15) is 0 Å². The molecule has 0 amide bonds. The van der Waals surface area contributed by atoms with Gasteiger partial charge in [0.05, 0.1) is 11.1 Å². The molecule has 2 aromatic heterocycles. The van der Waals surface area contributed by atoms with E-state index in [2.05, 4.69) is 126 Å². The first-order valence-electron chi connectivity index (χ1n) is 14.0. The minimum Gasteiger partial charge on any atom is -0.395 e. The highest BCUT2D eigenvalue weighted by Crippen LogP contribution is 2.41. The summed E-state index contributed by atoms with van der Waals surface area (Å²) in [7, 11) is -0.494. The van der Waals surface area contributed by atoms with Gasteiger partial charge in [-0.15, -0.1) is 0 Å². The van der Waals surface area contributed by atoms with Crippen molar-refractivity contribution in [2.45, 2.75) is 20.0 Å². The first-order chi connectivity index (χ1) is 20.2. The number of nitrogens with zero attached hydrogens (tertiary/aromatic N) is 5. The SMILES string of the molecule is CC(C)OB1n2c3c4ccccc4c2N=c2c4ccccc4c(n21)=C(c1ccccc1)C1=NC(=N3)c2ccccc21. The van der Waals surface area contributed by atoms with Crippen LogP contribution in [0.25, 0.3) is 27.1 Å². The minimum absolute atomic E-state index is 0.0439. The molecule has 0 unspecified atom stereocenters. The van der Waals surface area contributed by atoms with E-state index in [1.165, 1.54) is 0 Å². The number of aromatic nitrogens is 2. The van der Waals surface area contributed by atoms with Gasteiger partial charge in [0.2, 0.25) is 0 Å². The molecular weight excluding hydrogens is 505 g/mol. The summed E-state index contributed by atoms with van der Waals surface area (Å²) in [5.41, 5.74) is 6.02. The maximum atomic E-state index is 6.85. The molecule has 0 radical (unpaired) electrons. The van der Waals surface area contributed by atoms with Gasteiger partial charge < -0.3 is 13.6 Å². The van der Waals surface area contributed by atoms with E-state index in [1.54, 1.807) is 0 Å². The van der Waals surface area contributed by atoms with Gasteiger partial charge in [-0.2, -0.15) is 0 Å². The Kier molecular flexibility index (Phi) is 4.59. The zero-order valence-corrected chi connectivity index (χ0v) is 22.6.